The zero-order valence-electron chi connectivity index (χ0n) is 13.7. The van der Waals surface area contributed by atoms with Gasteiger partial charge in [0.15, 0.2) is 0 Å². The number of carbonyl (C=O) groups is 1. The summed E-state index contributed by atoms with van der Waals surface area (Å²) >= 11 is 0. The molecule has 1 aromatic carbocycles. The van der Waals surface area contributed by atoms with E-state index in [9.17, 15) is 4.79 Å². The molecule has 0 bridgehead atoms. The molecule has 1 unspecified atom stereocenters. The summed E-state index contributed by atoms with van der Waals surface area (Å²) in [4.78, 5) is 19.4. The van der Waals surface area contributed by atoms with E-state index in [-0.39, 0.29) is 5.91 Å². The summed E-state index contributed by atoms with van der Waals surface area (Å²) < 4.78 is 5.37. The van der Waals surface area contributed by atoms with Crippen LogP contribution in [-0.4, -0.2) is 48.6 Å². The number of likely N-dealkylation sites (N-methyl/N-ethyl adjacent to an activating group) is 1. The van der Waals surface area contributed by atoms with Gasteiger partial charge in [0, 0.05) is 26.1 Å². The van der Waals surface area contributed by atoms with Gasteiger partial charge in [0.05, 0.1) is 17.8 Å². The lowest BCUT2D eigenvalue weighted by atomic mass is 9.95. The molecule has 5 heteroatoms. The van der Waals surface area contributed by atoms with Crippen LogP contribution in [0.3, 0.4) is 0 Å². The van der Waals surface area contributed by atoms with Crippen LogP contribution in [0.25, 0.3) is 10.9 Å². The number of rotatable bonds is 5. The molecule has 0 saturated carbocycles. The summed E-state index contributed by atoms with van der Waals surface area (Å²) in [5.41, 5.74) is 1.38. The number of benzene rings is 1. The Bertz CT molecular complexity index is 703. The first-order valence-corrected chi connectivity index (χ1v) is 8.00. The van der Waals surface area contributed by atoms with Gasteiger partial charge in [-0.2, -0.15) is 0 Å². The molecule has 1 aliphatic rings. The van der Waals surface area contributed by atoms with Crippen molar-refractivity contribution >= 4 is 16.8 Å². The van der Waals surface area contributed by atoms with E-state index in [1.807, 2.05) is 24.3 Å². The molecule has 5 nitrogen and oxygen atoms in total. The third-order valence-electron chi connectivity index (χ3n) is 4.67. The van der Waals surface area contributed by atoms with Crippen LogP contribution in [0.2, 0.25) is 0 Å². The molecule has 3 rings (SSSR count). The van der Waals surface area contributed by atoms with Gasteiger partial charge in [0.1, 0.15) is 5.54 Å². The molecule has 2 heterocycles. The van der Waals surface area contributed by atoms with Gasteiger partial charge in [0.25, 0.3) is 0 Å². The smallest absolute Gasteiger partial charge is 0.242 e. The molecule has 0 spiro atoms. The number of fused-ring (bicyclic) bond motifs is 1. The van der Waals surface area contributed by atoms with E-state index in [0.29, 0.717) is 13.2 Å². The Hall–Kier alpha value is -1.98. The Kier molecular flexibility index (Phi) is 4.59. The zero-order valence-corrected chi connectivity index (χ0v) is 13.7. The topological polar surface area (TPSA) is 54.5 Å². The maximum absolute atomic E-state index is 12.5. The molecular formula is C18H23N3O2. The Morgan fingerprint density at radius 2 is 2.17 bits per heavy atom. The highest BCUT2D eigenvalue weighted by atomic mass is 16.5. The van der Waals surface area contributed by atoms with Crippen molar-refractivity contribution in [3.63, 3.8) is 0 Å². The van der Waals surface area contributed by atoms with Crippen LogP contribution in [-0.2, 0) is 16.1 Å². The highest BCUT2D eigenvalue weighted by molar-refractivity contribution is 5.86. The lowest BCUT2D eigenvalue weighted by Crippen LogP contribution is -2.57. The fraction of sp³-hybridized carbons (Fsp3) is 0.444. The lowest BCUT2D eigenvalue weighted by molar-refractivity contribution is -0.135. The van der Waals surface area contributed by atoms with E-state index >= 15 is 0 Å². The van der Waals surface area contributed by atoms with Crippen molar-refractivity contribution in [2.24, 2.45) is 0 Å². The van der Waals surface area contributed by atoms with Gasteiger partial charge in [-0.15, -0.1) is 0 Å². The number of pyridine rings is 1. The largest absolute Gasteiger partial charge is 0.382 e. The minimum absolute atomic E-state index is 0.0256. The van der Waals surface area contributed by atoms with Crippen LogP contribution < -0.4 is 5.32 Å². The second-order valence-corrected chi connectivity index (χ2v) is 6.06. The number of ether oxygens (including phenoxy) is 1. The molecule has 2 aromatic rings. The Morgan fingerprint density at radius 3 is 2.96 bits per heavy atom. The average molecular weight is 313 g/mol. The molecule has 1 fully saturated rings. The van der Waals surface area contributed by atoms with Crippen LogP contribution in [0.4, 0.5) is 0 Å². The van der Waals surface area contributed by atoms with Crippen LogP contribution >= 0.6 is 0 Å². The van der Waals surface area contributed by atoms with Crippen molar-refractivity contribution in [3.8, 4) is 0 Å². The number of nitrogens with one attached hydrogen (secondary N) is 1. The van der Waals surface area contributed by atoms with Crippen molar-refractivity contribution in [1.29, 1.82) is 0 Å². The van der Waals surface area contributed by atoms with E-state index in [2.05, 4.69) is 22.3 Å². The highest BCUT2D eigenvalue weighted by Crippen LogP contribution is 2.31. The lowest BCUT2D eigenvalue weighted by Gasteiger charge is -2.36. The van der Waals surface area contributed by atoms with Gasteiger partial charge in [-0.05, 0) is 31.5 Å². The van der Waals surface area contributed by atoms with Crippen LogP contribution in [0.15, 0.2) is 36.4 Å². The summed E-state index contributed by atoms with van der Waals surface area (Å²) in [5, 5.41) is 3.93. The molecule has 0 radical (unpaired) electrons. The number of amides is 1. The number of carbonyl (C=O) groups excluding carboxylic acids is 1. The number of para-hydroxylation sites is 1. The van der Waals surface area contributed by atoms with E-state index in [1.54, 1.807) is 14.2 Å². The first-order valence-electron chi connectivity index (χ1n) is 8.00. The van der Waals surface area contributed by atoms with Gasteiger partial charge in [0.2, 0.25) is 5.91 Å². The monoisotopic (exact) mass is 313 g/mol. The van der Waals surface area contributed by atoms with E-state index in [4.69, 9.17) is 9.72 Å². The number of aromatic nitrogens is 1. The third-order valence-corrected chi connectivity index (χ3v) is 4.67. The quantitative estimate of drug-likeness (QED) is 0.917. The number of hydrogen-bond donors (Lipinski definition) is 1. The highest BCUT2D eigenvalue weighted by Gasteiger charge is 2.47. The fourth-order valence-corrected chi connectivity index (χ4v) is 3.51. The third kappa shape index (κ3) is 2.94. The molecule has 23 heavy (non-hydrogen) atoms. The number of nitrogens with zero attached hydrogens (tertiary/aromatic N) is 2. The normalized spacial score (nSPS) is 21.7. The second kappa shape index (κ2) is 6.64. The van der Waals surface area contributed by atoms with E-state index in [1.165, 1.54) is 0 Å². The summed E-state index contributed by atoms with van der Waals surface area (Å²) in [6.45, 7) is 1.94. The molecule has 1 saturated heterocycles. The summed E-state index contributed by atoms with van der Waals surface area (Å²) in [6, 6.07) is 12.2. The Labute approximate surface area is 136 Å². The number of methoxy groups -OCH3 is 1. The molecule has 1 aromatic heterocycles. The molecule has 1 N–H and O–H groups in total. The van der Waals surface area contributed by atoms with E-state index in [0.717, 1.165) is 36.0 Å². The van der Waals surface area contributed by atoms with Gasteiger partial charge >= 0.3 is 0 Å². The average Bonchev–Trinajstić information content (AvgIpc) is 2.98. The summed E-state index contributed by atoms with van der Waals surface area (Å²) in [6.07, 6.45) is 1.80. The molecular weight excluding hydrogens is 290 g/mol. The molecule has 122 valence electrons. The zero-order chi connectivity index (χ0) is 16.3. The van der Waals surface area contributed by atoms with Crippen LogP contribution in [0.5, 0.6) is 0 Å². The standard InChI is InChI=1S/C18H23N3O2/c1-19-17(22)18(13-23-2)10-5-11-21(18)12-15-9-8-14-6-3-4-7-16(14)20-15/h3-4,6-9H,5,10-13H2,1-2H3,(H,19,22). The number of hydrogen-bond acceptors (Lipinski definition) is 4. The van der Waals surface area contributed by atoms with Crippen molar-refractivity contribution in [2.75, 3.05) is 27.3 Å². The van der Waals surface area contributed by atoms with Crippen LogP contribution in [0.1, 0.15) is 18.5 Å². The second-order valence-electron chi connectivity index (χ2n) is 6.06. The summed E-state index contributed by atoms with van der Waals surface area (Å²) in [7, 11) is 3.33. The van der Waals surface area contributed by atoms with Gasteiger partial charge in [-0.3, -0.25) is 14.7 Å². The van der Waals surface area contributed by atoms with Crippen molar-refractivity contribution in [1.82, 2.24) is 15.2 Å². The fourth-order valence-electron chi connectivity index (χ4n) is 3.51. The SMILES string of the molecule is CNC(=O)C1(COC)CCCN1Cc1ccc2ccccc2n1. The first kappa shape index (κ1) is 15.9. The Morgan fingerprint density at radius 1 is 1.35 bits per heavy atom. The molecule has 1 atom stereocenters. The maximum atomic E-state index is 12.5. The van der Waals surface area contributed by atoms with Gasteiger partial charge in [-0.25, -0.2) is 0 Å². The van der Waals surface area contributed by atoms with Gasteiger partial charge in [-0.1, -0.05) is 24.3 Å². The first-order chi connectivity index (χ1) is 11.2. The predicted molar refractivity (Wildman–Crippen MR) is 90.1 cm³/mol. The Balaban J connectivity index is 1.88. The van der Waals surface area contributed by atoms with Gasteiger partial charge < -0.3 is 10.1 Å². The molecule has 1 amide bonds. The predicted octanol–water partition coefficient (Wildman–Crippen LogP) is 1.96. The minimum atomic E-state index is -0.586. The minimum Gasteiger partial charge on any atom is -0.382 e. The number of likely N-dealkylation sites (tertiary alicyclic amines) is 1. The van der Waals surface area contributed by atoms with E-state index < -0.39 is 5.54 Å². The molecule has 1 aliphatic heterocycles. The maximum Gasteiger partial charge on any atom is 0.242 e. The van der Waals surface area contributed by atoms with Crippen LogP contribution in [0, 0.1) is 0 Å². The van der Waals surface area contributed by atoms with Crippen molar-refractivity contribution in [3.05, 3.63) is 42.1 Å². The van der Waals surface area contributed by atoms with Crippen molar-refractivity contribution in [2.45, 2.75) is 24.9 Å². The molecule has 0 aliphatic carbocycles. The van der Waals surface area contributed by atoms with Crippen molar-refractivity contribution < 1.29 is 9.53 Å². The summed E-state index contributed by atoms with van der Waals surface area (Å²) in [5.74, 6) is 0.0256.